The quantitative estimate of drug-likeness (QED) is 0.835. The van der Waals surface area contributed by atoms with Crippen LogP contribution in [0.3, 0.4) is 0 Å². The van der Waals surface area contributed by atoms with E-state index in [0.717, 1.165) is 32.7 Å². The number of para-hydroxylation sites is 1. The third-order valence-corrected chi connectivity index (χ3v) is 5.28. The highest BCUT2D eigenvalue weighted by Gasteiger charge is 2.29. The summed E-state index contributed by atoms with van der Waals surface area (Å²) in [7, 11) is 0. The summed E-state index contributed by atoms with van der Waals surface area (Å²) in [5, 5.41) is 5.58. The Morgan fingerprint density at radius 1 is 1.29 bits per heavy atom. The SMILES string of the molecule is C[C@@H](CN1CCN(c2ccccc2)CC1)NC(=O)[C@H]1CSC(=O)N1. The Morgan fingerprint density at radius 2 is 2.00 bits per heavy atom. The predicted molar refractivity (Wildman–Crippen MR) is 97.5 cm³/mol. The third-order valence-electron chi connectivity index (χ3n) is 4.40. The first kappa shape index (κ1) is 17.1. The molecule has 2 aliphatic rings. The summed E-state index contributed by atoms with van der Waals surface area (Å²) in [6, 6.07) is 10.1. The van der Waals surface area contributed by atoms with Gasteiger partial charge in [-0.2, -0.15) is 0 Å². The molecule has 2 atom stereocenters. The molecule has 2 amide bonds. The van der Waals surface area contributed by atoms with Crippen molar-refractivity contribution in [2.45, 2.75) is 19.0 Å². The molecule has 0 bridgehead atoms. The van der Waals surface area contributed by atoms with E-state index < -0.39 is 0 Å². The fourth-order valence-electron chi connectivity index (χ4n) is 3.13. The Morgan fingerprint density at radius 3 is 2.62 bits per heavy atom. The molecule has 1 aromatic rings. The highest BCUT2D eigenvalue weighted by molar-refractivity contribution is 8.14. The normalized spacial score (nSPS) is 23.0. The summed E-state index contributed by atoms with van der Waals surface area (Å²) < 4.78 is 0. The van der Waals surface area contributed by atoms with Crippen molar-refractivity contribution in [2.24, 2.45) is 0 Å². The standard InChI is InChI=1S/C17H24N4O2S/c1-13(18-16(22)15-12-24-17(23)19-15)11-20-7-9-21(10-8-20)14-5-3-2-4-6-14/h2-6,13,15H,7-12H2,1H3,(H,18,22)(H,19,23)/t13-,15+/m0/s1. The van der Waals surface area contributed by atoms with E-state index in [1.54, 1.807) is 0 Å². The maximum atomic E-state index is 12.1. The Balaban J connectivity index is 1.41. The fraction of sp³-hybridized carbons (Fsp3) is 0.529. The van der Waals surface area contributed by atoms with Gasteiger partial charge in [0.1, 0.15) is 6.04 Å². The molecule has 2 heterocycles. The smallest absolute Gasteiger partial charge is 0.279 e. The van der Waals surface area contributed by atoms with E-state index in [0.29, 0.717) is 5.75 Å². The van der Waals surface area contributed by atoms with Gasteiger partial charge in [-0.3, -0.25) is 14.5 Å². The summed E-state index contributed by atoms with van der Waals surface area (Å²) in [5.74, 6) is 0.441. The van der Waals surface area contributed by atoms with Crippen LogP contribution in [0, 0.1) is 0 Å². The molecular formula is C17H24N4O2S. The van der Waals surface area contributed by atoms with E-state index >= 15 is 0 Å². The largest absolute Gasteiger partial charge is 0.369 e. The zero-order valence-corrected chi connectivity index (χ0v) is 14.7. The average molecular weight is 348 g/mol. The second-order valence-corrected chi connectivity index (χ2v) is 7.32. The molecule has 1 aromatic carbocycles. The Labute approximate surface area is 146 Å². The summed E-state index contributed by atoms with van der Waals surface area (Å²) in [6.07, 6.45) is 0. The first-order chi connectivity index (χ1) is 11.6. The van der Waals surface area contributed by atoms with Crippen molar-refractivity contribution in [3.63, 3.8) is 0 Å². The zero-order valence-electron chi connectivity index (χ0n) is 13.9. The highest BCUT2D eigenvalue weighted by atomic mass is 32.2. The first-order valence-corrected chi connectivity index (χ1v) is 9.36. The number of nitrogens with one attached hydrogen (secondary N) is 2. The van der Waals surface area contributed by atoms with Gasteiger partial charge in [-0.05, 0) is 19.1 Å². The summed E-state index contributed by atoms with van der Waals surface area (Å²) >= 11 is 1.17. The summed E-state index contributed by atoms with van der Waals surface area (Å²) in [4.78, 5) is 28.1. The van der Waals surface area contributed by atoms with Crippen LogP contribution in [-0.4, -0.2) is 66.6 Å². The van der Waals surface area contributed by atoms with Crippen LogP contribution in [0.4, 0.5) is 10.5 Å². The van der Waals surface area contributed by atoms with Crippen LogP contribution < -0.4 is 15.5 Å². The number of carbonyl (C=O) groups is 2. The van der Waals surface area contributed by atoms with E-state index in [1.165, 1.54) is 17.4 Å². The predicted octanol–water partition coefficient (Wildman–Crippen LogP) is 1.14. The molecule has 0 spiro atoms. The lowest BCUT2D eigenvalue weighted by Crippen LogP contribution is -2.53. The van der Waals surface area contributed by atoms with Gasteiger partial charge in [0.15, 0.2) is 0 Å². The van der Waals surface area contributed by atoms with E-state index in [2.05, 4.69) is 44.7 Å². The van der Waals surface area contributed by atoms with Crippen molar-refractivity contribution in [2.75, 3.05) is 43.4 Å². The van der Waals surface area contributed by atoms with Gasteiger partial charge in [-0.1, -0.05) is 30.0 Å². The first-order valence-electron chi connectivity index (χ1n) is 8.38. The van der Waals surface area contributed by atoms with Crippen LogP contribution in [0.25, 0.3) is 0 Å². The molecule has 2 N–H and O–H groups in total. The van der Waals surface area contributed by atoms with E-state index in [-0.39, 0.29) is 23.2 Å². The number of hydrogen-bond acceptors (Lipinski definition) is 5. The molecule has 0 aliphatic carbocycles. The van der Waals surface area contributed by atoms with Crippen LogP contribution >= 0.6 is 11.8 Å². The molecule has 0 radical (unpaired) electrons. The number of carbonyl (C=O) groups excluding carboxylic acids is 2. The minimum absolute atomic E-state index is 0.0725. The molecule has 24 heavy (non-hydrogen) atoms. The molecule has 7 heteroatoms. The Kier molecular flexibility index (Phi) is 5.63. The number of nitrogens with zero attached hydrogens (tertiary/aromatic N) is 2. The zero-order chi connectivity index (χ0) is 16.9. The van der Waals surface area contributed by atoms with E-state index in [4.69, 9.17) is 0 Å². The number of benzene rings is 1. The van der Waals surface area contributed by atoms with E-state index in [1.807, 2.05) is 13.0 Å². The topological polar surface area (TPSA) is 64.7 Å². The molecule has 3 rings (SSSR count). The van der Waals surface area contributed by atoms with Gasteiger partial charge in [0, 0.05) is 50.2 Å². The maximum absolute atomic E-state index is 12.1. The molecule has 0 unspecified atom stereocenters. The van der Waals surface area contributed by atoms with Gasteiger partial charge in [0.25, 0.3) is 5.24 Å². The van der Waals surface area contributed by atoms with Gasteiger partial charge in [0.2, 0.25) is 5.91 Å². The third kappa shape index (κ3) is 4.42. The van der Waals surface area contributed by atoms with Crippen molar-refractivity contribution >= 4 is 28.6 Å². The van der Waals surface area contributed by atoms with Gasteiger partial charge < -0.3 is 15.5 Å². The lowest BCUT2D eigenvalue weighted by atomic mass is 10.2. The summed E-state index contributed by atoms with van der Waals surface area (Å²) in [5.41, 5.74) is 1.27. The van der Waals surface area contributed by atoms with Gasteiger partial charge in [-0.15, -0.1) is 0 Å². The number of amides is 2. The highest BCUT2D eigenvalue weighted by Crippen LogP contribution is 2.16. The molecule has 2 fully saturated rings. The minimum Gasteiger partial charge on any atom is -0.369 e. The molecule has 2 saturated heterocycles. The van der Waals surface area contributed by atoms with Gasteiger partial charge in [-0.25, -0.2) is 0 Å². The molecule has 2 aliphatic heterocycles. The fourth-order valence-corrected chi connectivity index (χ4v) is 3.91. The number of hydrogen-bond donors (Lipinski definition) is 2. The Hall–Kier alpha value is -1.73. The molecular weight excluding hydrogens is 324 g/mol. The van der Waals surface area contributed by atoms with Crippen LogP contribution in [0.1, 0.15) is 6.92 Å². The van der Waals surface area contributed by atoms with Gasteiger partial charge >= 0.3 is 0 Å². The molecule has 0 aromatic heterocycles. The van der Waals surface area contributed by atoms with Crippen LogP contribution in [0.5, 0.6) is 0 Å². The van der Waals surface area contributed by atoms with Crippen LogP contribution in [0.15, 0.2) is 30.3 Å². The molecule has 6 nitrogen and oxygen atoms in total. The Bertz CT molecular complexity index is 575. The second-order valence-electron chi connectivity index (χ2n) is 6.33. The van der Waals surface area contributed by atoms with Crippen molar-refractivity contribution < 1.29 is 9.59 Å². The monoisotopic (exact) mass is 348 g/mol. The molecule has 130 valence electrons. The van der Waals surface area contributed by atoms with Crippen LogP contribution in [0.2, 0.25) is 0 Å². The lowest BCUT2D eigenvalue weighted by molar-refractivity contribution is -0.123. The minimum atomic E-state index is -0.389. The second kappa shape index (κ2) is 7.90. The van der Waals surface area contributed by atoms with E-state index in [9.17, 15) is 9.59 Å². The number of piperazine rings is 1. The van der Waals surface area contributed by atoms with Gasteiger partial charge in [0.05, 0.1) is 0 Å². The number of rotatable bonds is 5. The number of anilines is 1. The average Bonchev–Trinajstić information content (AvgIpc) is 3.03. The van der Waals surface area contributed by atoms with Crippen molar-refractivity contribution in [3.05, 3.63) is 30.3 Å². The van der Waals surface area contributed by atoms with Crippen molar-refractivity contribution in [3.8, 4) is 0 Å². The molecule has 0 saturated carbocycles. The summed E-state index contributed by atoms with van der Waals surface area (Å²) in [6.45, 7) is 6.84. The van der Waals surface area contributed by atoms with Crippen LogP contribution in [-0.2, 0) is 4.79 Å². The maximum Gasteiger partial charge on any atom is 0.279 e. The van der Waals surface area contributed by atoms with Crippen molar-refractivity contribution in [1.82, 2.24) is 15.5 Å². The van der Waals surface area contributed by atoms with Crippen molar-refractivity contribution in [1.29, 1.82) is 0 Å². The lowest BCUT2D eigenvalue weighted by Gasteiger charge is -2.37. The number of thioether (sulfide) groups is 1.